The number of hydrogen-bond donors (Lipinski definition) is 1. The minimum Gasteiger partial charge on any atom is -0.388 e. The summed E-state index contributed by atoms with van der Waals surface area (Å²) in [5.41, 5.74) is 3.51. The van der Waals surface area contributed by atoms with E-state index < -0.39 is 18.0 Å². The van der Waals surface area contributed by atoms with Crippen LogP contribution in [0, 0.1) is 0 Å². The Hall–Kier alpha value is -2.76. The smallest absolute Gasteiger partial charge is 0.168 e. The summed E-state index contributed by atoms with van der Waals surface area (Å²) < 4.78 is 12.4. The zero-order valence-corrected chi connectivity index (χ0v) is 20.8. The van der Waals surface area contributed by atoms with Gasteiger partial charge in [-0.15, -0.1) is 0 Å². The highest BCUT2D eigenvalue weighted by atomic mass is 16.7. The Morgan fingerprint density at radius 2 is 1.37 bits per heavy atom. The number of ether oxygens (including phenoxy) is 2. The third-order valence-electron chi connectivity index (χ3n) is 6.85. The van der Waals surface area contributed by atoms with Crippen LogP contribution in [-0.4, -0.2) is 40.7 Å². The van der Waals surface area contributed by atoms with Crippen LogP contribution in [0.25, 0.3) is 6.08 Å². The summed E-state index contributed by atoms with van der Waals surface area (Å²) in [4.78, 5) is 2.33. The summed E-state index contributed by atoms with van der Waals surface area (Å²) in [6.07, 6.45) is 4.59. The van der Waals surface area contributed by atoms with Crippen molar-refractivity contribution >= 4 is 6.08 Å². The second-order valence-electron chi connectivity index (χ2n) is 9.21. The third kappa shape index (κ3) is 6.68. The molecular formula is C31H37NO3. The zero-order valence-electron chi connectivity index (χ0n) is 20.8. The van der Waals surface area contributed by atoms with Crippen LogP contribution in [0.4, 0.5) is 0 Å². The van der Waals surface area contributed by atoms with Crippen LogP contribution >= 0.6 is 0 Å². The number of benzene rings is 3. The SMILES string of the molecule is CCC1(CC)OC[C@H]([C@@H](O)[C@H](/C=C/c2ccccc2)N(Cc2ccccc2)Cc2ccccc2)O1. The zero-order chi connectivity index (χ0) is 24.5. The van der Waals surface area contributed by atoms with Crippen LogP contribution in [0.5, 0.6) is 0 Å². The maximum atomic E-state index is 11.7. The molecule has 4 nitrogen and oxygen atoms in total. The molecule has 3 aromatic rings. The summed E-state index contributed by atoms with van der Waals surface area (Å²) in [6, 6.07) is 30.8. The lowest BCUT2D eigenvalue weighted by Crippen LogP contribution is -2.48. The fourth-order valence-electron chi connectivity index (χ4n) is 4.71. The molecule has 4 heteroatoms. The Kier molecular flexibility index (Phi) is 8.89. The molecule has 1 N–H and O–H groups in total. The van der Waals surface area contributed by atoms with Crippen molar-refractivity contribution in [2.45, 2.75) is 63.8 Å². The summed E-state index contributed by atoms with van der Waals surface area (Å²) in [5, 5.41) is 11.7. The average molecular weight is 472 g/mol. The van der Waals surface area contributed by atoms with Crippen LogP contribution in [0.15, 0.2) is 97.1 Å². The van der Waals surface area contributed by atoms with Crippen LogP contribution in [-0.2, 0) is 22.6 Å². The van der Waals surface area contributed by atoms with E-state index in [4.69, 9.17) is 9.47 Å². The van der Waals surface area contributed by atoms with E-state index in [1.807, 2.05) is 30.3 Å². The van der Waals surface area contributed by atoms with Gasteiger partial charge >= 0.3 is 0 Å². The Labute approximate surface area is 209 Å². The predicted octanol–water partition coefficient (Wildman–Crippen LogP) is 6.06. The quantitative estimate of drug-likeness (QED) is 0.369. The lowest BCUT2D eigenvalue weighted by Gasteiger charge is -2.36. The predicted molar refractivity (Wildman–Crippen MR) is 142 cm³/mol. The van der Waals surface area contributed by atoms with Crippen LogP contribution in [0.2, 0.25) is 0 Å². The van der Waals surface area contributed by atoms with Gasteiger partial charge in [-0.25, -0.2) is 0 Å². The number of aliphatic hydroxyl groups excluding tert-OH is 1. The van der Waals surface area contributed by atoms with Gasteiger partial charge in [-0.05, 0) is 29.5 Å². The van der Waals surface area contributed by atoms with Gasteiger partial charge in [-0.2, -0.15) is 0 Å². The number of aliphatic hydroxyl groups is 1. The molecule has 0 radical (unpaired) electrons. The van der Waals surface area contributed by atoms with Gasteiger partial charge in [0.05, 0.1) is 12.6 Å². The highest BCUT2D eigenvalue weighted by Gasteiger charge is 2.44. The number of hydrogen-bond acceptors (Lipinski definition) is 4. The molecule has 1 heterocycles. The molecule has 4 rings (SSSR count). The second-order valence-corrected chi connectivity index (χ2v) is 9.21. The van der Waals surface area contributed by atoms with Crippen molar-refractivity contribution < 1.29 is 14.6 Å². The highest BCUT2D eigenvalue weighted by Crippen LogP contribution is 2.33. The highest BCUT2D eigenvalue weighted by molar-refractivity contribution is 5.49. The molecule has 0 aromatic heterocycles. The normalized spacial score (nSPS) is 19.3. The molecule has 0 amide bonds. The Morgan fingerprint density at radius 3 is 1.86 bits per heavy atom. The maximum absolute atomic E-state index is 11.7. The Bertz CT molecular complexity index is 993. The van der Waals surface area contributed by atoms with Crippen molar-refractivity contribution in [3.05, 3.63) is 114 Å². The van der Waals surface area contributed by atoms with E-state index in [0.29, 0.717) is 19.7 Å². The summed E-state index contributed by atoms with van der Waals surface area (Å²) in [5.74, 6) is -0.608. The van der Waals surface area contributed by atoms with Gasteiger partial charge < -0.3 is 14.6 Å². The van der Waals surface area contributed by atoms with E-state index in [2.05, 4.69) is 91.6 Å². The monoisotopic (exact) mass is 471 g/mol. The van der Waals surface area contributed by atoms with Crippen LogP contribution in [0.3, 0.4) is 0 Å². The molecule has 1 aliphatic rings. The Balaban J connectivity index is 1.66. The lowest BCUT2D eigenvalue weighted by molar-refractivity contribution is -0.184. The van der Waals surface area contributed by atoms with E-state index in [0.717, 1.165) is 18.4 Å². The van der Waals surface area contributed by atoms with Gasteiger partial charge in [0.15, 0.2) is 5.79 Å². The first-order valence-corrected chi connectivity index (χ1v) is 12.7. The minimum atomic E-state index is -0.748. The van der Waals surface area contributed by atoms with Crippen LogP contribution < -0.4 is 0 Å². The van der Waals surface area contributed by atoms with Gasteiger partial charge in [0.2, 0.25) is 0 Å². The van der Waals surface area contributed by atoms with E-state index in [1.54, 1.807) is 0 Å². The molecule has 3 aromatic carbocycles. The molecule has 0 aliphatic carbocycles. The number of rotatable bonds is 11. The largest absolute Gasteiger partial charge is 0.388 e. The molecule has 0 spiro atoms. The molecule has 1 fully saturated rings. The maximum Gasteiger partial charge on any atom is 0.168 e. The van der Waals surface area contributed by atoms with Crippen molar-refractivity contribution in [3.8, 4) is 0 Å². The molecule has 1 aliphatic heterocycles. The minimum absolute atomic E-state index is 0.270. The van der Waals surface area contributed by atoms with Gasteiger partial charge in [0.25, 0.3) is 0 Å². The number of nitrogens with zero attached hydrogens (tertiary/aromatic N) is 1. The summed E-state index contributed by atoms with van der Waals surface area (Å²) in [7, 11) is 0. The van der Waals surface area contributed by atoms with Crippen LogP contribution in [0.1, 0.15) is 43.4 Å². The molecule has 1 saturated heterocycles. The van der Waals surface area contributed by atoms with Crippen molar-refractivity contribution in [1.29, 1.82) is 0 Å². The van der Waals surface area contributed by atoms with Crippen molar-refractivity contribution in [2.24, 2.45) is 0 Å². The molecule has 0 unspecified atom stereocenters. The second kappa shape index (κ2) is 12.3. The van der Waals surface area contributed by atoms with E-state index in [9.17, 15) is 5.11 Å². The first kappa shape index (κ1) is 25.3. The standard InChI is InChI=1S/C31H37NO3/c1-3-31(4-2)34-24-29(35-31)30(33)28(21-20-25-14-8-5-9-15-25)32(22-26-16-10-6-11-17-26)23-27-18-12-7-13-19-27/h5-21,28-30,33H,3-4,22-24H2,1-2H3/b21-20+/t28-,29+,30-/m0/s1. The molecule has 3 atom stereocenters. The van der Waals surface area contributed by atoms with E-state index >= 15 is 0 Å². The van der Waals surface area contributed by atoms with E-state index in [-0.39, 0.29) is 6.04 Å². The van der Waals surface area contributed by atoms with E-state index in [1.165, 1.54) is 11.1 Å². The topological polar surface area (TPSA) is 41.9 Å². The Morgan fingerprint density at radius 1 is 0.857 bits per heavy atom. The summed E-state index contributed by atoms with van der Waals surface area (Å²) in [6.45, 7) is 5.95. The molecule has 0 bridgehead atoms. The lowest BCUT2D eigenvalue weighted by atomic mass is 10.00. The van der Waals surface area contributed by atoms with Crippen molar-refractivity contribution in [2.75, 3.05) is 6.61 Å². The molecular weight excluding hydrogens is 434 g/mol. The van der Waals surface area contributed by atoms with Gasteiger partial charge in [-0.3, -0.25) is 4.90 Å². The first-order valence-electron chi connectivity index (χ1n) is 12.7. The fourth-order valence-corrected chi connectivity index (χ4v) is 4.71. The van der Waals surface area contributed by atoms with Gasteiger partial charge in [0, 0.05) is 13.1 Å². The van der Waals surface area contributed by atoms with Gasteiger partial charge in [0.1, 0.15) is 12.2 Å². The molecule has 35 heavy (non-hydrogen) atoms. The average Bonchev–Trinajstić information content (AvgIpc) is 3.36. The molecule has 0 saturated carbocycles. The van der Waals surface area contributed by atoms with Crippen molar-refractivity contribution in [3.63, 3.8) is 0 Å². The first-order chi connectivity index (χ1) is 17.1. The fraction of sp³-hybridized carbons (Fsp3) is 0.355. The third-order valence-corrected chi connectivity index (χ3v) is 6.85. The summed E-state index contributed by atoms with van der Waals surface area (Å²) >= 11 is 0. The van der Waals surface area contributed by atoms with Crippen molar-refractivity contribution in [1.82, 2.24) is 4.90 Å². The van der Waals surface area contributed by atoms with Gasteiger partial charge in [-0.1, -0.05) is 117 Å². The molecule has 184 valence electrons.